The van der Waals surface area contributed by atoms with E-state index in [2.05, 4.69) is 5.32 Å². The fourth-order valence-corrected chi connectivity index (χ4v) is 1.21. The van der Waals surface area contributed by atoms with Crippen molar-refractivity contribution >= 4 is 34.8 Å². The van der Waals surface area contributed by atoms with Gasteiger partial charge < -0.3 is 10.1 Å². The van der Waals surface area contributed by atoms with Crippen molar-refractivity contribution in [2.45, 2.75) is 0 Å². The Kier molecular flexibility index (Phi) is 3.86. The second-order valence-electron chi connectivity index (χ2n) is 2.28. The van der Waals surface area contributed by atoms with E-state index in [1.54, 1.807) is 0 Å². The van der Waals surface area contributed by atoms with Crippen molar-refractivity contribution in [1.29, 1.82) is 0 Å². The average Bonchev–Trinajstić information content (AvgIpc) is 2.56. The van der Waals surface area contributed by atoms with Gasteiger partial charge in [0.1, 0.15) is 11.1 Å². The molecule has 0 bridgehead atoms. The number of nitrogens with zero attached hydrogens (tertiary/aromatic N) is 1. The minimum atomic E-state index is -0.708. The Morgan fingerprint density at radius 3 is 2.50 bits per heavy atom. The molecule has 1 rings (SSSR count). The zero-order chi connectivity index (χ0) is 10.7. The molecular formula is C6H5Cl3N2O3. The first-order valence-corrected chi connectivity index (χ1v) is 4.64. The van der Waals surface area contributed by atoms with Crippen LogP contribution >= 0.6 is 34.8 Å². The van der Waals surface area contributed by atoms with E-state index in [-0.39, 0.29) is 15.4 Å². The van der Waals surface area contributed by atoms with E-state index in [0.717, 1.165) is 0 Å². The van der Waals surface area contributed by atoms with Crippen LogP contribution in [-0.4, -0.2) is 18.1 Å². The van der Waals surface area contributed by atoms with Gasteiger partial charge in [0.2, 0.25) is 0 Å². The van der Waals surface area contributed by atoms with Gasteiger partial charge in [0, 0.05) is 0 Å². The van der Waals surface area contributed by atoms with Crippen molar-refractivity contribution < 1.29 is 9.66 Å². The molecule has 78 valence electrons. The van der Waals surface area contributed by atoms with Crippen LogP contribution in [0.15, 0.2) is 21.1 Å². The average molecular weight is 259 g/mol. The minimum Gasteiger partial charge on any atom is -0.472 e. The number of hydrogen-bond donors (Lipinski definition) is 1. The van der Waals surface area contributed by atoms with Gasteiger partial charge in [-0.1, -0.05) is 34.8 Å². The number of ether oxygens (including phenoxy) is 1. The number of halogens is 3. The summed E-state index contributed by atoms with van der Waals surface area (Å²) in [6, 6.07) is 0. The number of rotatable bonds is 2. The molecule has 8 heteroatoms. The second-order valence-corrected chi connectivity index (χ2v) is 3.61. The molecule has 1 aliphatic heterocycles. The van der Waals surface area contributed by atoms with E-state index in [1.807, 2.05) is 0 Å². The standard InChI is InChI=1S/C6H5Cl3N2O3/c7-3(5(8)9)4(11(12)13)6-10-1-2-14-6/h10H,1-2H2/b6-4+. The Morgan fingerprint density at radius 1 is 1.50 bits per heavy atom. The van der Waals surface area contributed by atoms with Gasteiger partial charge in [-0.2, -0.15) is 0 Å². The van der Waals surface area contributed by atoms with Gasteiger partial charge in [-0.3, -0.25) is 10.1 Å². The number of hydrogen-bond acceptors (Lipinski definition) is 4. The molecule has 1 fully saturated rings. The van der Waals surface area contributed by atoms with Gasteiger partial charge in [0.25, 0.3) is 5.88 Å². The van der Waals surface area contributed by atoms with Crippen LogP contribution in [-0.2, 0) is 4.74 Å². The van der Waals surface area contributed by atoms with Crippen LogP contribution in [0.5, 0.6) is 0 Å². The van der Waals surface area contributed by atoms with E-state index in [4.69, 9.17) is 39.5 Å². The van der Waals surface area contributed by atoms with E-state index >= 15 is 0 Å². The lowest BCUT2D eigenvalue weighted by Crippen LogP contribution is -2.13. The first-order chi connectivity index (χ1) is 6.54. The van der Waals surface area contributed by atoms with E-state index in [1.165, 1.54) is 0 Å². The highest BCUT2D eigenvalue weighted by atomic mass is 35.5. The summed E-state index contributed by atoms with van der Waals surface area (Å²) >= 11 is 16.2. The summed E-state index contributed by atoms with van der Waals surface area (Å²) in [5.74, 6) is -0.0150. The zero-order valence-corrected chi connectivity index (χ0v) is 8.99. The van der Waals surface area contributed by atoms with Crippen LogP contribution < -0.4 is 5.32 Å². The quantitative estimate of drug-likeness (QED) is 0.608. The third kappa shape index (κ3) is 2.43. The summed E-state index contributed by atoms with van der Waals surface area (Å²) in [5, 5.41) is 12.9. The van der Waals surface area contributed by atoms with Crippen LogP contribution in [0.1, 0.15) is 0 Å². The second kappa shape index (κ2) is 4.72. The molecule has 1 saturated heterocycles. The van der Waals surface area contributed by atoms with Gasteiger partial charge in [0.15, 0.2) is 5.03 Å². The zero-order valence-electron chi connectivity index (χ0n) is 6.72. The summed E-state index contributed by atoms with van der Waals surface area (Å²) in [4.78, 5) is 9.92. The van der Waals surface area contributed by atoms with Gasteiger partial charge in [0.05, 0.1) is 11.5 Å². The highest BCUT2D eigenvalue weighted by Gasteiger charge is 2.28. The van der Waals surface area contributed by atoms with Crippen LogP contribution in [0.2, 0.25) is 0 Å². The lowest BCUT2D eigenvalue weighted by Gasteiger charge is -2.01. The first-order valence-electron chi connectivity index (χ1n) is 3.50. The summed E-state index contributed by atoms with van der Waals surface area (Å²) in [5.41, 5.74) is -0.454. The first kappa shape index (κ1) is 11.4. The van der Waals surface area contributed by atoms with Crippen LogP contribution in [0, 0.1) is 10.1 Å². The van der Waals surface area contributed by atoms with Crippen molar-refractivity contribution in [3.63, 3.8) is 0 Å². The van der Waals surface area contributed by atoms with Crippen molar-refractivity contribution in [2.24, 2.45) is 0 Å². The van der Waals surface area contributed by atoms with Gasteiger partial charge in [-0.05, 0) is 0 Å². The van der Waals surface area contributed by atoms with Crippen molar-refractivity contribution in [2.75, 3.05) is 13.2 Å². The maximum absolute atomic E-state index is 10.6. The van der Waals surface area contributed by atoms with Gasteiger partial charge in [-0.25, -0.2) is 0 Å². The molecule has 5 nitrogen and oxygen atoms in total. The monoisotopic (exact) mass is 258 g/mol. The Bertz CT molecular complexity index is 314. The van der Waals surface area contributed by atoms with Gasteiger partial charge in [-0.15, -0.1) is 0 Å². The summed E-state index contributed by atoms with van der Waals surface area (Å²) in [6.07, 6.45) is 0. The van der Waals surface area contributed by atoms with Crippen LogP contribution in [0.4, 0.5) is 0 Å². The third-order valence-electron chi connectivity index (χ3n) is 1.41. The molecule has 0 aromatic heterocycles. The van der Waals surface area contributed by atoms with Gasteiger partial charge >= 0.3 is 5.70 Å². The Labute approximate surface area is 94.4 Å². The Morgan fingerprint density at radius 2 is 2.14 bits per heavy atom. The van der Waals surface area contributed by atoms with E-state index < -0.39 is 10.6 Å². The molecule has 1 N–H and O–H groups in total. The van der Waals surface area contributed by atoms with Crippen molar-refractivity contribution in [3.8, 4) is 0 Å². The molecule has 0 radical (unpaired) electrons. The lowest BCUT2D eigenvalue weighted by molar-refractivity contribution is -0.423. The summed E-state index contributed by atoms with van der Waals surface area (Å²) in [6.45, 7) is 0.827. The molecule has 14 heavy (non-hydrogen) atoms. The molecule has 0 aliphatic carbocycles. The molecular weight excluding hydrogens is 254 g/mol. The lowest BCUT2D eigenvalue weighted by atomic mass is 10.4. The van der Waals surface area contributed by atoms with Crippen molar-refractivity contribution in [1.82, 2.24) is 5.32 Å². The van der Waals surface area contributed by atoms with E-state index in [9.17, 15) is 10.1 Å². The normalized spacial score (nSPS) is 18.2. The SMILES string of the molecule is O=[N+]([O-])/C(C(Cl)=C(Cl)Cl)=C1\NCCO1. The smallest absolute Gasteiger partial charge is 0.349 e. The van der Waals surface area contributed by atoms with Crippen LogP contribution in [0.3, 0.4) is 0 Å². The predicted octanol–water partition coefficient (Wildman–Crippen LogP) is 1.94. The highest BCUT2D eigenvalue weighted by molar-refractivity contribution is 6.59. The molecule has 0 spiro atoms. The number of allylic oxidation sites excluding steroid dienone is 1. The number of nitrogens with one attached hydrogen (secondary N) is 1. The number of nitro groups is 1. The molecule has 0 aromatic rings. The van der Waals surface area contributed by atoms with E-state index in [0.29, 0.717) is 13.2 Å². The minimum absolute atomic E-state index is 0.0150. The molecule has 0 saturated carbocycles. The fraction of sp³-hybridized carbons (Fsp3) is 0.333. The predicted molar refractivity (Wildman–Crippen MR) is 52.6 cm³/mol. The molecule has 1 aliphatic rings. The largest absolute Gasteiger partial charge is 0.472 e. The molecule has 0 amide bonds. The molecule has 0 atom stereocenters. The maximum Gasteiger partial charge on any atom is 0.349 e. The summed E-state index contributed by atoms with van der Waals surface area (Å²) < 4.78 is 4.57. The molecule has 0 unspecified atom stereocenters. The third-order valence-corrected chi connectivity index (χ3v) is 2.34. The fourth-order valence-electron chi connectivity index (χ4n) is 0.873. The maximum atomic E-state index is 10.6. The molecule has 0 aromatic carbocycles. The van der Waals surface area contributed by atoms with Crippen molar-refractivity contribution in [3.05, 3.63) is 31.2 Å². The summed E-state index contributed by atoms with van der Waals surface area (Å²) in [7, 11) is 0. The highest BCUT2D eigenvalue weighted by Crippen LogP contribution is 2.27. The Balaban J connectivity index is 3.13. The van der Waals surface area contributed by atoms with Crippen LogP contribution in [0.25, 0.3) is 0 Å². The Hall–Kier alpha value is -0.650. The molecule has 1 heterocycles. The topological polar surface area (TPSA) is 64.4 Å².